The Bertz CT molecular complexity index is 423. The summed E-state index contributed by atoms with van der Waals surface area (Å²) in [5.41, 5.74) is 1.01. The molecule has 19 heavy (non-hydrogen) atoms. The quantitative estimate of drug-likeness (QED) is 0.924. The van der Waals surface area contributed by atoms with Gasteiger partial charge in [0.25, 0.3) is 0 Å². The summed E-state index contributed by atoms with van der Waals surface area (Å²) in [6.45, 7) is 9.83. The predicted octanol–water partition coefficient (Wildman–Crippen LogP) is 3.07. The SMILES string of the molecule is CC(C)N1CCCN(Cc2cc(Br)ccc2O)CC1. The minimum absolute atomic E-state index is 0.396. The molecular weight excluding hydrogens is 304 g/mol. The summed E-state index contributed by atoms with van der Waals surface area (Å²) in [5.74, 6) is 0.396. The van der Waals surface area contributed by atoms with Crippen molar-refractivity contribution in [2.24, 2.45) is 0 Å². The maximum Gasteiger partial charge on any atom is 0.120 e. The smallest absolute Gasteiger partial charge is 0.120 e. The van der Waals surface area contributed by atoms with E-state index in [9.17, 15) is 5.11 Å². The first-order valence-corrected chi connectivity index (χ1v) is 7.79. The van der Waals surface area contributed by atoms with Gasteiger partial charge in [0, 0.05) is 35.7 Å². The predicted molar refractivity (Wildman–Crippen MR) is 82.4 cm³/mol. The molecular formula is C15H23BrN2O. The lowest BCUT2D eigenvalue weighted by atomic mass is 10.2. The van der Waals surface area contributed by atoms with Gasteiger partial charge in [0.05, 0.1) is 0 Å². The van der Waals surface area contributed by atoms with Crippen molar-refractivity contribution >= 4 is 15.9 Å². The van der Waals surface area contributed by atoms with Crippen molar-refractivity contribution in [1.29, 1.82) is 0 Å². The molecule has 1 aromatic rings. The number of nitrogens with zero attached hydrogens (tertiary/aromatic N) is 2. The molecule has 0 aromatic heterocycles. The van der Waals surface area contributed by atoms with Gasteiger partial charge in [-0.1, -0.05) is 15.9 Å². The van der Waals surface area contributed by atoms with Gasteiger partial charge in [-0.3, -0.25) is 9.80 Å². The largest absolute Gasteiger partial charge is 0.508 e. The van der Waals surface area contributed by atoms with Gasteiger partial charge < -0.3 is 5.11 Å². The molecule has 1 N–H and O–H groups in total. The van der Waals surface area contributed by atoms with E-state index in [4.69, 9.17) is 0 Å². The van der Waals surface area contributed by atoms with Crippen LogP contribution in [0.15, 0.2) is 22.7 Å². The van der Waals surface area contributed by atoms with Crippen LogP contribution in [0, 0.1) is 0 Å². The Kier molecular flexibility index (Phi) is 5.25. The van der Waals surface area contributed by atoms with Gasteiger partial charge in [-0.05, 0) is 51.6 Å². The number of rotatable bonds is 3. The zero-order valence-corrected chi connectivity index (χ0v) is 13.4. The molecule has 0 amide bonds. The lowest BCUT2D eigenvalue weighted by Gasteiger charge is -2.25. The second-order valence-electron chi connectivity index (χ2n) is 5.53. The van der Waals surface area contributed by atoms with Gasteiger partial charge in [-0.15, -0.1) is 0 Å². The van der Waals surface area contributed by atoms with E-state index in [1.807, 2.05) is 12.1 Å². The molecule has 0 bridgehead atoms. The lowest BCUT2D eigenvalue weighted by molar-refractivity contribution is 0.217. The maximum absolute atomic E-state index is 9.92. The number of hydrogen-bond acceptors (Lipinski definition) is 3. The van der Waals surface area contributed by atoms with Crippen molar-refractivity contribution in [3.05, 3.63) is 28.2 Å². The van der Waals surface area contributed by atoms with Gasteiger partial charge in [0.15, 0.2) is 0 Å². The van der Waals surface area contributed by atoms with E-state index in [0.29, 0.717) is 11.8 Å². The van der Waals surface area contributed by atoms with Crippen molar-refractivity contribution in [3.8, 4) is 5.75 Å². The summed E-state index contributed by atoms with van der Waals surface area (Å²) in [5, 5.41) is 9.92. The molecule has 3 nitrogen and oxygen atoms in total. The van der Waals surface area contributed by atoms with Crippen LogP contribution in [-0.2, 0) is 6.54 Å². The third-order valence-electron chi connectivity index (χ3n) is 3.79. The Morgan fingerprint density at radius 1 is 1.21 bits per heavy atom. The molecule has 0 aliphatic carbocycles. The van der Waals surface area contributed by atoms with E-state index >= 15 is 0 Å². The van der Waals surface area contributed by atoms with Crippen LogP contribution in [0.4, 0.5) is 0 Å². The summed E-state index contributed by atoms with van der Waals surface area (Å²) >= 11 is 3.47. The molecule has 106 valence electrons. The number of hydrogen-bond donors (Lipinski definition) is 1. The van der Waals surface area contributed by atoms with Crippen LogP contribution in [0.2, 0.25) is 0 Å². The maximum atomic E-state index is 9.92. The topological polar surface area (TPSA) is 26.7 Å². The highest BCUT2D eigenvalue weighted by Gasteiger charge is 2.17. The summed E-state index contributed by atoms with van der Waals surface area (Å²) in [6, 6.07) is 6.28. The third kappa shape index (κ3) is 4.20. The molecule has 0 unspecified atom stereocenters. The minimum atomic E-state index is 0.396. The molecule has 0 saturated carbocycles. The fourth-order valence-electron chi connectivity index (χ4n) is 2.59. The first-order valence-electron chi connectivity index (χ1n) is 7.00. The fourth-order valence-corrected chi connectivity index (χ4v) is 3.00. The van der Waals surface area contributed by atoms with Crippen LogP contribution < -0.4 is 0 Å². The average Bonchev–Trinajstić information content (AvgIpc) is 2.59. The summed E-state index contributed by atoms with van der Waals surface area (Å²) in [4.78, 5) is 4.96. The molecule has 0 atom stereocenters. The Morgan fingerprint density at radius 3 is 2.74 bits per heavy atom. The normalized spacial score (nSPS) is 18.7. The summed E-state index contributed by atoms with van der Waals surface area (Å²) in [6.07, 6.45) is 1.20. The number of halogens is 1. The van der Waals surface area contributed by atoms with E-state index in [1.165, 1.54) is 13.0 Å². The highest BCUT2D eigenvalue weighted by molar-refractivity contribution is 9.10. The van der Waals surface area contributed by atoms with Gasteiger partial charge in [-0.25, -0.2) is 0 Å². The zero-order chi connectivity index (χ0) is 13.8. The van der Waals surface area contributed by atoms with Crippen molar-refractivity contribution in [1.82, 2.24) is 9.80 Å². The Morgan fingerprint density at radius 2 is 2.00 bits per heavy atom. The van der Waals surface area contributed by atoms with Crippen LogP contribution >= 0.6 is 15.9 Å². The fraction of sp³-hybridized carbons (Fsp3) is 0.600. The second-order valence-corrected chi connectivity index (χ2v) is 6.45. The van der Waals surface area contributed by atoms with Crippen LogP contribution in [0.5, 0.6) is 5.75 Å². The molecule has 1 aliphatic heterocycles. The number of aromatic hydroxyl groups is 1. The van der Waals surface area contributed by atoms with Crippen molar-refractivity contribution in [2.45, 2.75) is 32.9 Å². The summed E-state index contributed by atoms with van der Waals surface area (Å²) < 4.78 is 1.03. The lowest BCUT2D eigenvalue weighted by Crippen LogP contribution is -2.34. The average molecular weight is 327 g/mol. The molecule has 4 heteroatoms. The molecule has 1 aliphatic rings. The molecule has 1 fully saturated rings. The highest BCUT2D eigenvalue weighted by atomic mass is 79.9. The van der Waals surface area contributed by atoms with Crippen LogP contribution in [0.1, 0.15) is 25.8 Å². The molecule has 0 spiro atoms. The van der Waals surface area contributed by atoms with E-state index in [1.54, 1.807) is 6.07 Å². The van der Waals surface area contributed by atoms with Gasteiger partial charge in [-0.2, -0.15) is 0 Å². The van der Waals surface area contributed by atoms with E-state index in [-0.39, 0.29) is 0 Å². The highest BCUT2D eigenvalue weighted by Crippen LogP contribution is 2.23. The van der Waals surface area contributed by atoms with Crippen LogP contribution in [-0.4, -0.2) is 47.1 Å². The van der Waals surface area contributed by atoms with E-state index < -0.39 is 0 Å². The molecule has 2 rings (SSSR count). The molecule has 1 saturated heterocycles. The number of phenols is 1. The van der Waals surface area contributed by atoms with Crippen LogP contribution in [0.25, 0.3) is 0 Å². The van der Waals surface area contributed by atoms with Crippen LogP contribution in [0.3, 0.4) is 0 Å². The van der Waals surface area contributed by atoms with Crippen molar-refractivity contribution in [2.75, 3.05) is 26.2 Å². The standard InChI is InChI=1S/C15H23BrN2O/c1-12(2)18-7-3-6-17(8-9-18)11-13-10-14(16)4-5-15(13)19/h4-5,10,12,19H,3,6-9,11H2,1-2H3. The van der Waals surface area contributed by atoms with E-state index in [0.717, 1.165) is 36.2 Å². The molecule has 0 radical (unpaired) electrons. The number of phenolic OH excluding ortho intramolecular Hbond substituents is 1. The second kappa shape index (κ2) is 6.73. The van der Waals surface area contributed by atoms with Gasteiger partial charge in [0.1, 0.15) is 5.75 Å². The minimum Gasteiger partial charge on any atom is -0.508 e. The third-order valence-corrected chi connectivity index (χ3v) is 4.28. The number of benzene rings is 1. The first kappa shape index (κ1) is 14.8. The van der Waals surface area contributed by atoms with E-state index in [2.05, 4.69) is 39.6 Å². The monoisotopic (exact) mass is 326 g/mol. The molecule has 1 aromatic carbocycles. The Balaban J connectivity index is 1.98. The van der Waals surface area contributed by atoms with Crippen molar-refractivity contribution < 1.29 is 5.11 Å². The molecule has 1 heterocycles. The summed E-state index contributed by atoms with van der Waals surface area (Å²) in [7, 11) is 0. The Hall–Kier alpha value is -0.580. The van der Waals surface area contributed by atoms with Crippen molar-refractivity contribution in [3.63, 3.8) is 0 Å². The Labute approximate surface area is 124 Å². The zero-order valence-electron chi connectivity index (χ0n) is 11.8. The van der Waals surface area contributed by atoms with Gasteiger partial charge in [0.2, 0.25) is 0 Å². The van der Waals surface area contributed by atoms with Gasteiger partial charge >= 0.3 is 0 Å². The first-order chi connectivity index (χ1) is 9.06.